The molecule has 0 saturated heterocycles. The van der Waals surface area contributed by atoms with Gasteiger partial charge in [0.1, 0.15) is 0 Å². The molecule has 2 aromatic heterocycles. The molecule has 0 aliphatic carbocycles. The molecule has 3 nitrogen and oxygen atoms in total. The average molecular weight is 383 g/mol. The van der Waals surface area contributed by atoms with Crippen molar-refractivity contribution in [3.05, 3.63) is 103 Å². The standard InChI is InChI=1S/C27H17N3/c1-2-9-18(10-3-1)26-22-14-6-7-15-24(22)29-27(30-26)23-17-19-11-8-16-28-25(19)21-13-5-4-12-20(21)23/h1-17H. The van der Waals surface area contributed by atoms with Gasteiger partial charge in [-0.15, -0.1) is 0 Å². The maximum Gasteiger partial charge on any atom is 0.161 e. The van der Waals surface area contributed by atoms with Gasteiger partial charge in [0.25, 0.3) is 0 Å². The van der Waals surface area contributed by atoms with E-state index in [-0.39, 0.29) is 0 Å². The highest BCUT2D eigenvalue weighted by atomic mass is 14.9. The highest BCUT2D eigenvalue weighted by molar-refractivity contribution is 6.11. The number of aromatic nitrogens is 3. The summed E-state index contributed by atoms with van der Waals surface area (Å²) in [7, 11) is 0. The molecule has 4 aromatic carbocycles. The third-order valence-electron chi connectivity index (χ3n) is 5.50. The number of fused-ring (bicyclic) bond motifs is 4. The molecule has 2 heterocycles. The first-order valence-corrected chi connectivity index (χ1v) is 9.97. The van der Waals surface area contributed by atoms with E-state index in [1.54, 1.807) is 0 Å². The lowest BCUT2D eigenvalue weighted by Gasteiger charge is -2.12. The van der Waals surface area contributed by atoms with Gasteiger partial charge in [-0.25, -0.2) is 9.97 Å². The van der Waals surface area contributed by atoms with Crippen LogP contribution in [0.2, 0.25) is 0 Å². The van der Waals surface area contributed by atoms with Crippen molar-refractivity contribution < 1.29 is 0 Å². The number of hydrogen-bond acceptors (Lipinski definition) is 3. The normalized spacial score (nSPS) is 11.3. The van der Waals surface area contributed by atoms with E-state index in [0.717, 1.165) is 55.2 Å². The predicted octanol–water partition coefficient (Wildman–Crippen LogP) is 6.67. The van der Waals surface area contributed by atoms with Crippen LogP contribution < -0.4 is 0 Å². The third-order valence-corrected chi connectivity index (χ3v) is 5.50. The van der Waals surface area contributed by atoms with Crippen molar-refractivity contribution in [2.45, 2.75) is 0 Å². The quantitative estimate of drug-likeness (QED) is 0.314. The Balaban J connectivity index is 1.73. The highest BCUT2D eigenvalue weighted by Gasteiger charge is 2.15. The van der Waals surface area contributed by atoms with E-state index in [4.69, 9.17) is 9.97 Å². The van der Waals surface area contributed by atoms with Crippen LogP contribution in [0, 0.1) is 0 Å². The summed E-state index contributed by atoms with van der Waals surface area (Å²) >= 11 is 0. The van der Waals surface area contributed by atoms with Crippen molar-refractivity contribution in [3.63, 3.8) is 0 Å². The Morgan fingerprint density at radius 1 is 0.567 bits per heavy atom. The summed E-state index contributed by atoms with van der Waals surface area (Å²) in [4.78, 5) is 14.6. The fourth-order valence-electron chi connectivity index (χ4n) is 4.12. The van der Waals surface area contributed by atoms with Crippen molar-refractivity contribution in [1.29, 1.82) is 0 Å². The van der Waals surface area contributed by atoms with Gasteiger partial charge in [0.2, 0.25) is 0 Å². The molecule has 3 heteroatoms. The van der Waals surface area contributed by atoms with E-state index in [1.165, 1.54) is 0 Å². The molecule has 0 spiro atoms. The number of nitrogens with zero attached hydrogens (tertiary/aromatic N) is 3. The Hall–Kier alpha value is -4.11. The van der Waals surface area contributed by atoms with E-state index in [2.05, 4.69) is 65.6 Å². The summed E-state index contributed by atoms with van der Waals surface area (Å²) in [6.07, 6.45) is 1.84. The van der Waals surface area contributed by atoms with Crippen LogP contribution in [0.15, 0.2) is 103 Å². The Labute approximate surface area is 173 Å². The first-order valence-electron chi connectivity index (χ1n) is 9.97. The fourth-order valence-corrected chi connectivity index (χ4v) is 4.12. The van der Waals surface area contributed by atoms with E-state index < -0.39 is 0 Å². The van der Waals surface area contributed by atoms with E-state index in [1.807, 2.05) is 42.6 Å². The maximum atomic E-state index is 5.07. The second kappa shape index (κ2) is 6.75. The van der Waals surface area contributed by atoms with Gasteiger partial charge in [-0.2, -0.15) is 0 Å². The Morgan fingerprint density at radius 2 is 1.30 bits per heavy atom. The molecule has 0 saturated carbocycles. The van der Waals surface area contributed by atoms with Crippen LogP contribution in [-0.4, -0.2) is 15.0 Å². The van der Waals surface area contributed by atoms with Gasteiger partial charge in [-0.05, 0) is 23.6 Å². The van der Waals surface area contributed by atoms with Crippen LogP contribution in [0.4, 0.5) is 0 Å². The molecule has 140 valence electrons. The number of rotatable bonds is 2. The van der Waals surface area contributed by atoms with E-state index in [0.29, 0.717) is 0 Å². The second-order valence-electron chi connectivity index (χ2n) is 7.32. The number of para-hydroxylation sites is 1. The molecule has 0 aliphatic heterocycles. The second-order valence-corrected chi connectivity index (χ2v) is 7.32. The van der Waals surface area contributed by atoms with Crippen molar-refractivity contribution in [2.24, 2.45) is 0 Å². The van der Waals surface area contributed by atoms with Gasteiger partial charge >= 0.3 is 0 Å². The molecule has 30 heavy (non-hydrogen) atoms. The zero-order valence-electron chi connectivity index (χ0n) is 16.2. The minimum absolute atomic E-state index is 0.731. The number of pyridine rings is 1. The topological polar surface area (TPSA) is 38.7 Å². The number of hydrogen-bond donors (Lipinski definition) is 0. The van der Waals surface area contributed by atoms with Crippen LogP contribution in [0.25, 0.3) is 55.2 Å². The molecule has 6 rings (SSSR count). The summed E-state index contributed by atoms with van der Waals surface area (Å²) in [6, 6.07) is 33.1. The Kier molecular flexibility index (Phi) is 3.78. The van der Waals surface area contributed by atoms with Crippen LogP contribution in [0.3, 0.4) is 0 Å². The minimum Gasteiger partial charge on any atom is -0.256 e. The van der Waals surface area contributed by atoms with Crippen LogP contribution in [-0.2, 0) is 0 Å². The molecular weight excluding hydrogens is 366 g/mol. The molecule has 0 amide bonds. The molecule has 0 radical (unpaired) electrons. The molecular formula is C27H17N3. The molecule has 6 aromatic rings. The van der Waals surface area contributed by atoms with Gasteiger partial charge in [0.05, 0.1) is 16.7 Å². The van der Waals surface area contributed by atoms with Gasteiger partial charge in [-0.1, -0.05) is 78.9 Å². The van der Waals surface area contributed by atoms with Gasteiger partial charge in [0, 0.05) is 33.5 Å². The van der Waals surface area contributed by atoms with Crippen molar-refractivity contribution in [1.82, 2.24) is 15.0 Å². The minimum atomic E-state index is 0.731. The smallest absolute Gasteiger partial charge is 0.161 e. The highest BCUT2D eigenvalue weighted by Crippen LogP contribution is 2.35. The summed E-state index contributed by atoms with van der Waals surface area (Å²) in [5, 5.41) is 4.37. The van der Waals surface area contributed by atoms with Crippen LogP contribution >= 0.6 is 0 Å². The Bertz CT molecular complexity index is 1540. The SMILES string of the molecule is c1ccc(-c2nc(-c3cc4cccnc4c4ccccc34)nc3ccccc23)cc1. The largest absolute Gasteiger partial charge is 0.256 e. The van der Waals surface area contributed by atoms with E-state index >= 15 is 0 Å². The zero-order valence-corrected chi connectivity index (χ0v) is 16.2. The fraction of sp³-hybridized carbons (Fsp3) is 0. The molecule has 0 bridgehead atoms. The van der Waals surface area contributed by atoms with E-state index in [9.17, 15) is 0 Å². The monoisotopic (exact) mass is 383 g/mol. The zero-order chi connectivity index (χ0) is 19.9. The summed E-state index contributed by atoms with van der Waals surface area (Å²) in [6.45, 7) is 0. The first kappa shape index (κ1) is 16.8. The van der Waals surface area contributed by atoms with Crippen LogP contribution in [0.1, 0.15) is 0 Å². The summed E-state index contributed by atoms with van der Waals surface area (Å²) in [5.41, 5.74) is 5.00. The first-order chi connectivity index (χ1) is 14.9. The summed E-state index contributed by atoms with van der Waals surface area (Å²) in [5.74, 6) is 0.731. The van der Waals surface area contributed by atoms with Gasteiger partial charge < -0.3 is 0 Å². The van der Waals surface area contributed by atoms with Gasteiger partial charge in [0.15, 0.2) is 5.82 Å². The van der Waals surface area contributed by atoms with Crippen molar-refractivity contribution in [2.75, 3.05) is 0 Å². The molecule has 0 N–H and O–H groups in total. The van der Waals surface area contributed by atoms with Crippen molar-refractivity contribution in [3.8, 4) is 22.6 Å². The lowest BCUT2D eigenvalue weighted by atomic mass is 9.99. The summed E-state index contributed by atoms with van der Waals surface area (Å²) < 4.78 is 0. The molecule has 0 unspecified atom stereocenters. The Morgan fingerprint density at radius 3 is 2.17 bits per heavy atom. The molecule has 0 aliphatic rings. The molecule has 0 atom stereocenters. The molecule has 0 fully saturated rings. The number of benzene rings is 4. The maximum absolute atomic E-state index is 5.07. The lowest BCUT2D eigenvalue weighted by Crippen LogP contribution is -1.96. The van der Waals surface area contributed by atoms with Crippen LogP contribution in [0.5, 0.6) is 0 Å². The predicted molar refractivity (Wildman–Crippen MR) is 123 cm³/mol. The van der Waals surface area contributed by atoms with Crippen molar-refractivity contribution >= 4 is 32.6 Å². The third kappa shape index (κ3) is 2.64. The van der Waals surface area contributed by atoms with Gasteiger partial charge in [-0.3, -0.25) is 4.98 Å². The lowest BCUT2D eigenvalue weighted by molar-refractivity contribution is 1.23. The average Bonchev–Trinajstić information content (AvgIpc) is 2.83.